The van der Waals surface area contributed by atoms with E-state index in [0.717, 1.165) is 17.9 Å². The number of para-hydroxylation sites is 1. The van der Waals surface area contributed by atoms with Crippen LogP contribution in [0.4, 0.5) is 0 Å². The number of nitrogens with zero attached hydrogens (tertiary/aromatic N) is 1. The first-order chi connectivity index (χ1) is 8.66. The topological polar surface area (TPSA) is 41.6 Å². The summed E-state index contributed by atoms with van der Waals surface area (Å²) in [7, 11) is 3.96. The highest BCUT2D eigenvalue weighted by Crippen LogP contribution is 2.25. The summed E-state index contributed by atoms with van der Waals surface area (Å²) >= 11 is 0. The van der Waals surface area contributed by atoms with E-state index < -0.39 is 0 Å². The molecule has 4 nitrogen and oxygen atoms in total. The molecule has 1 aliphatic rings. The van der Waals surface area contributed by atoms with Gasteiger partial charge in [-0.3, -0.25) is 4.79 Å². The van der Waals surface area contributed by atoms with Crippen LogP contribution in [-0.4, -0.2) is 44.6 Å². The van der Waals surface area contributed by atoms with Crippen LogP contribution >= 0.6 is 0 Å². The second-order valence-corrected chi connectivity index (χ2v) is 4.56. The molecule has 18 heavy (non-hydrogen) atoms. The number of carbonyl (C=O) groups excluding carboxylic acids is 1. The zero-order chi connectivity index (χ0) is 13.0. The molecule has 1 N–H and O–H groups in total. The van der Waals surface area contributed by atoms with Crippen molar-refractivity contribution in [2.75, 3.05) is 33.8 Å². The van der Waals surface area contributed by atoms with Crippen LogP contribution in [0.15, 0.2) is 29.8 Å². The van der Waals surface area contributed by atoms with Crippen molar-refractivity contribution >= 4 is 12.0 Å². The van der Waals surface area contributed by atoms with Gasteiger partial charge in [0.05, 0.1) is 5.57 Å². The highest BCUT2D eigenvalue weighted by atomic mass is 16.5. The fraction of sp³-hybridized carbons (Fsp3) is 0.357. The first kappa shape index (κ1) is 12.6. The molecule has 0 radical (unpaired) electrons. The van der Waals surface area contributed by atoms with E-state index in [2.05, 4.69) is 5.32 Å². The highest BCUT2D eigenvalue weighted by Gasteiger charge is 2.16. The number of fused-ring (bicyclic) bond motifs is 1. The standard InChI is InChI=1S/C14H18N2O2/c1-16(2)8-7-15-14(17)12-9-11-5-3-4-6-13(11)18-10-12/h3-6,9H,7-8,10H2,1-2H3,(H,15,17). The molecule has 1 aromatic rings. The minimum absolute atomic E-state index is 0.0497. The molecule has 0 spiro atoms. The lowest BCUT2D eigenvalue weighted by Crippen LogP contribution is -2.34. The second kappa shape index (κ2) is 5.69. The number of rotatable bonds is 4. The molecule has 0 aromatic heterocycles. The van der Waals surface area contributed by atoms with Gasteiger partial charge in [0.25, 0.3) is 5.91 Å². The largest absolute Gasteiger partial charge is 0.488 e. The molecular weight excluding hydrogens is 228 g/mol. The average Bonchev–Trinajstić information content (AvgIpc) is 2.37. The van der Waals surface area contributed by atoms with Crippen molar-refractivity contribution in [2.45, 2.75) is 0 Å². The minimum atomic E-state index is -0.0497. The predicted octanol–water partition coefficient (Wildman–Crippen LogP) is 1.14. The van der Waals surface area contributed by atoms with Crippen LogP contribution in [0, 0.1) is 0 Å². The van der Waals surface area contributed by atoms with Gasteiger partial charge >= 0.3 is 0 Å². The predicted molar refractivity (Wildman–Crippen MR) is 71.5 cm³/mol. The van der Waals surface area contributed by atoms with Crippen LogP contribution in [0.1, 0.15) is 5.56 Å². The summed E-state index contributed by atoms with van der Waals surface area (Å²) in [4.78, 5) is 13.9. The quantitative estimate of drug-likeness (QED) is 0.866. The zero-order valence-electron chi connectivity index (χ0n) is 10.8. The highest BCUT2D eigenvalue weighted by molar-refractivity contribution is 5.99. The van der Waals surface area contributed by atoms with Crippen LogP contribution in [-0.2, 0) is 4.79 Å². The number of hydrogen-bond donors (Lipinski definition) is 1. The molecule has 0 aliphatic carbocycles. The molecule has 1 aliphatic heterocycles. The van der Waals surface area contributed by atoms with Crippen molar-refractivity contribution in [3.63, 3.8) is 0 Å². The van der Waals surface area contributed by atoms with Crippen molar-refractivity contribution < 1.29 is 9.53 Å². The molecule has 0 saturated heterocycles. The number of likely N-dealkylation sites (N-methyl/N-ethyl adjacent to an activating group) is 1. The van der Waals surface area contributed by atoms with Gasteiger partial charge in [0, 0.05) is 18.7 Å². The summed E-state index contributed by atoms with van der Waals surface area (Å²) in [6.07, 6.45) is 1.89. The van der Waals surface area contributed by atoms with Gasteiger partial charge in [0.1, 0.15) is 12.4 Å². The summed E-state index contributed by atoms with van der Waals surface area (Å²) in [6, 6.07) is 7.72. The second-order valence-electron chi connectivity index (χ2n) is 4.56. The number of benzene rings is 1. The third kappa shape index (κ3) is 3.11. The Kier molecular flexibility index (Phi) is 3.99. The zero-order valence-corrected chi connectivity index (χ0v) is 10.8. The van der Waals surface area contributed by atoms with E-state index in [9.17, 15) is 4.79 Å². The lowest BCUT2D eigenvalue weighted by atomic mass is 10.1. The average molecular weight is 246 g/mol. The van der Waals surface area contributed by atoms with Gasteiger partial charge in [0.2, 0.25) is 0 Å². The van der Waals surface area contributed by atoms with E-state index in [0.29, 0.717) is 18.7 Å². The first-order valence-corrected chi connectivity index (χ1v) is 6.02. The van der Waals surface area contributed by atoms with Gasteiger partial charge in [-0.05, 0) is 26.2 Å². The fourth-order valence-corrected chi connectivity index (χ4v) is 1.75. The van der Waals surface area contributed by atoms with E-state index in [-0.39, 0.29) is 5.91 Å². The Bertz CT molecular complexity index is 467. The van der Waals surface area contributed by atoms with Crippen molar-refractivity contribution in [2.24, 2.45) is 0 Å². The molecule has 1 amide bonds. The number of carbonyl (C=O) groups is 1. The molecule has 0 unspecified atom stereocenters. The molecule has 2 rings (SSSR count). The smallest absolute Gasteiger partial charge is 0.250 e. The van der Waals surface area contributed by atoms with Crippen molar-refractivity contribution in [3.05, 3.63) is 35.4 Å². The van der Waals surface area contributed by atoms with Gasteiger partial charge in [-0.2, -0.15) is 0 Å². The Labute approximate surface area is 107 Å². The molecular formula is C14H18N2O2. The van der Waals surface area contributed by atoms with Gasteiger partial charge in [-0.25, -0.2) is 0 Å². The minimum Gasteiger partial charge on any atom is -0.488 e. The Morgan fingerprint density at radius 3 is 2.94 bits per heavy atom. The van der Waals surface area contributed by atoms with E-state index in [1.165, 1.54) is 0 Å². The fourth-order valence-electron chi connectivity index (χ4n) is 1.75. The molecule has 0 atom stereocenters. The van der Waals surface area contributed by atoms with Crippen molar-refractivity contribution in [1.82, 2.24) is 10.2 Å². The van der Waals surface area contributed by atoms with Crippen LogP contribution in [0.3, 0.4) is 0 Å². The van der Waals surface area contributed by atoms with Crippen LogP contribution < -0.4 is 10.1 Å². The SMILES string of the molecule is CN(C)CCNC(=O)C1=Cc2ccccc2OC1. The Morgan fingerprint density at radius 2 is 2.17 bits per heavy atom. The maximum absolute atomic E-state index is 11.9. The summed E-state index contributed by atoms with van der Waals surface area (Å²) < 4.78 is 5.55. The number of ether oxygens (including phenoxy) is 1. The van der Waals surface area contributed by atoms with Crippen molar-refractivity contribution in [3.8, 4) is 5.75 Å². The van der Waals surface area contributed by atoms with E-state index in [1.54, 1.807) is 0 Å². The Hall–Kier alpha value is -1.81. The molecule has 1 aromatic carbocycles. The molecule has 0 fully saturated rings. The third-order valence-corrected chi connectivity index (χ3v) is 2.77. The Balaban J connectivity index is 1.98. The lowest BCUT2D eigenvalue weighted by Gasteiger charge is -2.18. The Morgan fingerprint density at radius 1 is 1.39 bits per heavy atom. The molecule has 1 heterocycles. The normalized spacial score (nSPS) is 13.6. The number of nitrogens with one attached hydrogen (secondary N) is 1. The van der Waals surface area contributed by atoms with E-state index in [4.69, 9.17) is 4.74 Å². The molecule has 4 heteroatoms. The van der Waals surface area contributed by atoms with Gasteiger partial charge in [-0.15, -0.1) is 0 Å². The van der Waals surface area contributed by atoms with E-state index in [1.807, 2.05) is 49.3 Å². The van der Waals surface area contributed by atoms with Crippen LogP contribution in [0.25, 0.3) is 6.08 Å². The molecule has 96 valence electrons. The van der Waals surface area contributed by atoms with Crippen LogP contribution in [0.2, 0.25) is 0 Å². The lowest BCUT2D eigenvalue weighted by molar-refractivity contribution is -0.117. The maximum Gasteiger partial charge on any atom is 0.250 e. The van der Waals surface area contributed by atoms with Gasteiger partial charge in [-0.1, -0.05) is 18.2 Å². The molecule has 0 bridgehead atoms. The third-order valence-electron chi connectivity index (χ3n) is 2.77. The van der Waals surface area contributed by atoms with E-state index >= 15 is 0 Å². The monoisotopic (exact) mass is 246 g/mol. The van der Waals surface area contributed by atoms with Crippen LogP contribution in [0.5, 0.6) is 5.75 Å². The maximum atomic E-state index is 11.9. The summed E-state index contributed by atoms with van der Waals surface area (Å²) in [5.74, 6) is 0.786. The van der Waals surface area contributed by atoms with Crippen molar-refractivity contribution in [1.29, 1.82) is 0 Å². The summed E-state index contributed by atoms with van der Waals surface area (Å²) in [6.45, 7) is 1.81. The molecule has 0 saturated carbocycles. The van der Waals surface area contributed by atoms with Gasteiger partial charge < -0.3 is 15.0 Å². The summed E-state index contributed by atoms with van der Waals surface area (Å²) in [5, 5.41) is 2.89. The number of hydrogen-bond acceptors (Lipinski definition) is 3. The summed E-state index contributed by atoms with van der Waals surface area (Å²) in [5.41, 5.74) is 1.63. The van der Waals surface area contributed by atoms with Gasteiger partial charge in [0.15, 0.2) is 0 Å². The first-order valence-electron chi connectivity index (χ1n) is 6.02. The number of amides is 1.